The van der Waals surface area contributed by atoms with Crippen LogP contribution in [0.3, 0.4) is 0 Å². The van der Waals surface area contributed by atoms with Gasteiger partial charge in [0.25, 0.3) is 0 Å². The van der Waals surface area contributed by atoms with Crippen LogP contribution in [-0.2, 0) is 0 Å². The van der Waals surface area contributed by atoms with Gasteiger partial charge in [-0.15, -0.1) is 0 Å². The molecule has 0 spiro atoms. The largest absolute Gasteiger partial charge is 0.496 e. The quantitative estimate of drug-likeness (QED) is 0.683. The fourth-order valence-corrected chi connectivity index (χ4v) is 2.50. The topological polar surface area (TPSA) is 59.1 Å². The van der Waals surface area contributed by atoms with E-state index in [1.807, 2.05) is 60.7 Å². The Morgan fingerprint density at radius 2 is 1.56 bits per heavy atom. The molecule has 0 aliphatic rings. The molecule has 2 aromatic carbocycles. The van der Waals surface area contributed by atoms with Gasteiger partial charge >= 0.3 is 0 Å². The minimum Gasteiger partial charge on any atom is -0.496 e. The summed E-state index contributed by atoms with van der Waals surface area (Å²) in [5.41, 5.74) is 1.83. The molecule has 0 bridgehead atoms. The van der Waals surface area contributed by atoms with Gasteiger partial charge in [0.2, 0.25) is 0 Å². The number of nitrogens with zero attached hydrogens (tertiary/aromatic N) is 2. The maximum atomic E-state index is 5.46. The first-order valence-electron chi connectivity index (χ1n) is 8.27. The number of nitrogens with one attached hydrogen (secondary N) is 2. The molecular formula is C20H22N4O. The van der Waals surface area contributed by atoms with Crippen LogP contribution in [0.1, 0.15) is 13.8 Å². The zero-order chi connectivity index (χ0) is 17.6. The van der Waals surface area contributed by atoms with Gasteiger partial charge in [-0.05, 0) is 38.1 Å². The van der Waals surface area contributed by atoms with Gasteiger partial charge < -0.3 is 15.4 Å². The van der Waals surface area contributed by atoms with E-state index in [1.54, 1.807) is 7.11 Å². The van der Waals surface area contributed by atoms with Crippen LogP contribution in [0.25, 0.3) is 11.4 Å². The van der Waals surface area contributed by atoms with E-state index in [-0.39, 0.29) is 6.04 Å². The molecule has 3 aromatic rings. The summed E-state index contributed by atoms with van der Waals surface area (Å²) in [6, 6.07) is 19.9. The van der Waals surface area contributed by atoms with Crippen molar-refractivity contribution in [3.05, 3.63) is 60.7 Å². The number of anilines is 3. The third kappa shape index (κ3) is 4.26. The van der Waals surface area contributed by atoms with Gasteiger partial charge in [0, 0.05) is 17.8 Å². The summed E-state index contributed by atoms with van der Waals surface area (Å²) in [5, 5.41) is 6.68. The summed E-state index contributed by atoms with van der Waals surface area (Å²) in [6.45, 7) is 4.16. The van der Waals surface area contributed by atoms with Gasteiger partial charge in [-0.2, -0.15) is 0 Å². The Balaban J connectivity index is 2.03. The van der Waals surface area contributed by atoms with E-state index in [2.05, 4.69) is 34.4 Å². The molecular weight excluding hydrogens is 312 g/mol. The van der Waals surface area contributed by atoms with Crippen molar-refractivity contribution in [2.45, 2.75) is 19.9 Å². The summed E-state index contributed by atoms with van der Waals surface area (Å²) in [4.78, 5) is 9.32. The lowest BCUT2D eigenvalue weighted by molar-refractivity contribution is 0.416. The summed E-state index contributed by atoms with van der Waals surface area (Å²) in [6.07, 6.45) is 0. The maximum absolute atomic E-state index is 5.46. The summed E-state index contributed by atoms with van der Waals surface area (Å²) in [5.74, 6) is 2.85. The first-order chi connectivity index (χ1) is 12.2. The second kappa shape index (κ2) is 7.66. The van der Waals surface area contributed by atoms with E-state index < -0.39 is 0 Å². The Labute approximate surface area is 148 Å². The third-order valence-electron chi connectivity index (χ3n) is 3.56. The molecule has 1 aromatic heterocycles. The Hall–Kier alpha value is -3.08. The number of rotatable bonds is 6. The molecule has 0 amide bonds. The van der Waals surface area contributed by atoms with Crippen LogP contribution in [0, 0.1) is 0 Å². The Bertz CT molecular complexity index is 834. The smallest absolute Gasteiger partial charge is 0.167 e. The van der Waals surface area contributed by atoms with Crippen LogP contribution < -0.4 is 15.4 Å². The number of methoxy groups -OCH3 is 1. The van der Waals surface area contributed by atoms with Crippen LogP contribution in [0.15, 0.2) is 60.7 Å². The van der Waals surface area contributed by atoms with Crippen molar-refractivity contribution < 1.29 is 4.74 Å². The average molecular weight is 334 g/mol. The van der Waals surface area contributed by atoms with Gasteiger partial charge in [-0.25, -0.2) is 9.97 Å². The van der Waals surface area contributed by atoms with Gasteiger partial charge in [-0.1, -0.05) is 30.3 Å². The fourth-order valence-electron chi connectivity index (χ4n) is 2.50. The molecule has 0 radical (unpaired) electrons. The molecule has 0 unspecified atom stereocenters. The lowest BCUT2D eigenvalue weighted by Crippen LogP contribution is -2.12. The number of para-hydroxylation sites is 2. The number of hydrogen-bond acceptors (Lipinski definition) is 5. The summed E-state index contributed by atoms with van der Waals surface area (Å²) in [7, 11) is 1.65. The summed E-state index contributed by atoms with van der Waals surface area (Å²) < 4.78 is 5.46. The molecule has 0 aliphatic carbocycles. The molecule has 5 nitrogen and oxygen atoms in total. The molecule has 0 aliphatic heterocycles. The van der Waals surface area contributed by atoms with Crippen LogP contribution >= 0.6 is 0 Å². The molecule has 0 saturated heterocycles. The van der Waals surface area contributed by atoms with Gasteiger partial charge in [0.05, 0.1) is 12.7 Å². The molecule has 128 valence electrons. The second-order valence-electron chi connectivity index (χ2n) is 5.95. The lowest BCUT2D eigenvalue weighted by atomic mass is 10.2. The van der Waals surface area contributed by atoms with Crippen molar-refractivity contribution in [1.29, 1.82) is 0 Å². The van der Waals surface area contributed by atoms with E-state index in [0.29, 0.717) is 5.82 Å². The number of aromatic nitrogens is 2. The van der Waals surface area contributed by atoms with E-state index in [9.17, 15) is 0 Å². The number of benzene rings is 2. The molecule has 5 heteroatoms. The molecule has 2 N–H and O–H groups in total. The lowest BCUT2D eigenvalue weighted by Gasteiger charge is -2.14. The van der Waals surface area contributed by atoms with E-state index in [4.69, 9.17) is 4.74 Å². The van der Waals surface area contributed by atoms with Gasteiger partial charge in [0.1, 0.15) is 17.4 Å². The van der Waals surface area contributed by atoms with E-state index in [1.165, 1.54) is 0 Å². The Morgan fingerprint density at radius 3 is 2.28 bits per heavy atom. The van der Waals surface area contributed by atoms with Crippen molar-refractivity contribution in [2.24, 2.45) is 0 Å². The first kappa shape index (κ1) is 16.8. The summed E-state index contributed by atoms with van der Waals surface area (Å²) >= 11 is 0. The third-order valence-corrected chi connectivity index (χ3v) is 3.56. The highest BCUT2D eigenvalue weighted by molar-refractivity contribution is 5.69. The maximum Gasteiger partial charge on any atom is 0.167 e. The Kier molecular flexibility index (Phi) is 5.14. The second-order valence-corrected chi connectivity index (χ2v) is 5.95. The van der Waals surface area contributed by atoms with Crippen LogP contribution in [0.2, 0.25) is 0 Å². The van der Waals surface area contributed by atoms with E-state index in [0.717, 1.165) is 28.6 Å². The van der Waals surface area contributed by atoms with Crippen LogP contribution in [0.4, 0.5) is 17.3 Å². The highest BCUT2D eigenvalue weighted by Crippen LogP contribution is 2.29. The predicted molar refractivity (Wildman–Crippen MR) is 103 cm³/mol. The molecule has 1 heterocycles. The first-order valence-corrected chi connectivity index (χ1v) is 8.27. The van der Waals surface area contributed by atoms with E-state index >= 15 is 0 Å². The van der Waals surface area contributed by atoms with Crippen molar-refractivity contribution in [3.8, 4) is 17.1 Å². The highest BCUT2D eigenvalue weighted by Gasteiger charge is 2.12. The zero-order valence-electron chi connectivity index (χ0n) is 14.7. The average Bonchev–Trinajstić information content (AvgIpc) is 2.61. The van der Waals surface area contributed by atoms with Crippen molar-refractivity contribution in [1.82, 2.24) is 9.97 Å². The van der Waals surface area contributed by atoms with Crippen molar-refractivity contribution >= 4 is 17.3 Å². The van der Waals surface area contributed by atoms with Crippen molar-refractivity contribution in [2.75, 3.05) is 17.7 Å². The number of hydrogen-bond donors (Lipinski definition) is 2. The highest BCUT2D eigenvalue weighted by atomic mass is 16.5. The minimum atomic E-state index is 0.269. The molecule has 0 fully saturated rings. The molecule has 0 atom stereocenters. The SMILES string of the molecule is COc1ccccc1-c1nc(Nc2ccccc2)cc(NC(C)C)n1. The standard InChI is InChI=1S/C20H22N4O/c1-14(2)21-18-13-19(22-15-9-5-4-6-10-15)24-20(23-18)16-11-7-8-12-17(16)25-3/h4-14H,1-3H3,(H2,21,22,23,24). The Morgan fingerprint density at radius 1 is 0.880 bits per heavy atom. The fraction of sp³-hybridized carbons (Fsp3) is 0.200. The predicted octanol–water partition coefficient (Wildman–Crippen LogP) is 4.72. The van der Waals surface area contributed by atoms with Crippen LogP contribution in [0.5, 0.6) is 5.75 Å². The monoisotopic (exact) mass is 334 g/mol. The molecule has 25 heavy (non-hydrogen) atoms. The zero-order valence-corrected chi connectivity index (χ0v) is 14.7. The normalized spacial score (nSPS) is 10.6. The van der Waals surface area contributed by atoms with Crippen LogP contribution in [-0.4, -0.2) is 23.1 Å². The van der Waals surface area contributed by atoms with Gasteiger partial charge in [0.15, 0.2) is 5.82 Å². The number of ether oxygens (including phenoxy) is 1. The molecule has 0 saturated carbocycles. The van der Waals surface area contributed by atoms with Gasteiger partial charge in [-0.3, -0.25) is 0 Å². The van der Waals surface area contributed by atoms with Crippen molar-refractivity contribution in [3.63, 3.8) is 0 Å². The minimum absolute atomic E-state index is 0.269. The molecule has 3 rings (SSSR count).